The summed E-state index contributed by atoms with van der Waals surface area (Å²) in [5.41, 5.74) is 3.47. The molecule has 0 amide bonds. The molecule has 0 unspecified atom stereocenters. The Balaban J connectivity index is 2.27. The number of hydrogen-bond acceptors (Lipinski definition) is 3. The second kappa shape index (κ2) is 5.48. The van der Waals surface area contributed by atoms with Crippen LogP contribution in [0.2, 0.25) is 0 Å². The number of nitrogens with one attached hydrogen (secondary N) is 1. The van der Waals surface area contributed by atoms with Gasteiger partial charge in [-0.05, 0) is 25.5 Å². The molecule has 2 heterocycles. The predicted molar refractivity (Wildman–Crippen MR) is 84.3 cm³/mol. The molecular formula is C17H17N3O. The summed E-state index contributed by atoms with van der Waals surface area (Å²) >= 11 is 0. The second-order valence-corrected chi connectivity index (χ2v) is 5.16. The highest BCUT2D eigenvalue weighted by molar-refractivity contribution is 5.92. The first-order chi connectivity index (χ1) is 10.2. The Hall–Kier alpha value is -2.49. The number of H-pyrrole nitrogens is 1. The zero-order chi connectivity index (χ0) is 14.8. The Morgan fingerprint density at radius 1 is 1.14 bits per heavy atom. The van der Waals surface area contributed by atoms with Crippen LogP contribution in [0, 0.1) is 6.92 Å². The van der Waals surface area contributed by atoms with Crippen LogP contribution >= 0.6 is 0 Å². The Kier molecular flexibility index (Phi) is 3.52. The summed E-state index contributed by atoms with van der Waals surface area (Å²) in [4.78, 5) is 23.8. The van der Waals surface area contributed by atoms with Gasteiger partial charge < -0.3 is 4.98 Å². The predicted octanol–water partition coefficient (Wildman–Crippen LogP) is 3.25. The van der Waals surface area contributed by atoms with Crippen molar-refractivity contribution in [2.75, 3.05) is 0 Å². The van der Waals surface area contributed by atoms with E-state index < -0.39 is 0 Å². The minimum Gasteiger partial charge on any atom is -0.306 e. The Bertz CT molecular complexity index is 852. The smallest absolute Gasteiger partial charge is 0.251 e. The fraction of sp³-hybridized carbons (Fsp3) is 0.235. The van der Waals surface area contributed by atoms with E-state index in [0.717, 1.165) is 40.7 Å². The molecule has 0 bridgehead atoms. The van der Waals surface area contributed by atoms with Gasteiger partial charge in [-0.2, -0.15) is 0 Å². The van der Waals surface area contributed by atoms with Gasteiger partial charge in [0.2, 0.25) is 0 Å². The van der Waals surface area contributed by atoms with E-state index in [-0.39, 0.29) is 5.56 Å². The number of hydrogen-bond donors (Lipinski definition) is 1. The first-order valence-corrected chi connectivity index (χ1v) is 7.14. The highest BCUT2D eigenvalue weighted by atomic mass is 16.1. The highest BCUT2D eigenvalue weighted by Crippen LogP contribution is 2.25. The minimum absolute atomic E-state index is 0.109. The van der Waals surface area contributed by atoms with Gasteiger partial charge >= 0.3 is 0 Å². The van der Waals surface area contributed by atoms with Crippen molar-refractivity contribution in [1.82, 2.24) is 15.0 Å². The molecule has 106 valence electrons. The summed E-state index contributed by atoms with van der Waals surface area (Å²) in [5, 5.41) is 1.000. The molecule has 0 aliphatic rings. The molecule has 0 aliphatic heterocycles. The number of fused-ring (bicyclic) bond motifs is 1. The maximum atomic E-state index is 11.9. The number of aryl methyl sites for hydroxylation is 2. The number of aromatic nitrogens is 3. The topological polar surface area (TPSA) is 58.6 Å². The van der Waals surface area contributed by atoms with Crippen molar-refractivity contribution >= 4 is 10.9 Å². The van der Waals surface area contributed by atoms with Crippen LogP contribution in [0.5, 0.6) is 0 Å². The third-order valence-electron chi connectivity index (χ3n) is 3.40. The quantitative estimate of drug-likeness (QED) is 0.800. The first kappa shape index (κ1) is 13.5. The SMILES string of the molecule is CCCc1cc(=O)[nH]c(-c2cc(C)nc3ccccc23)n1. The average molecular weight is 279 g/mol. The van der Waals surface area contributed by atoms with E-state index in [9.17, 15) is 4.79 Å². The largest absolute Gasteiger partial charge is 0.306 e. The van der Waals surface area contributed by atoms with E-state index in [2.05, 4.69) is 21.9 Å². The van der Waals surface area contributed by atoms with E-state index in [1.807, 2.05) is 37.3 Å². The third-order valence-corrected chi connectivity index (χ3v) is 3.40. The molecule has 4 nitrogen and oxygen atoms in total. The van der Waals surface area contributed by atoms with E-state index in [1.165, 1.54) is 0 Å². The lowest BCUT2D eigenvalue weighted by molar-refractivity contribution is 0.870. The van der Waals surface area contributed by atoms with Crippen molar-refractivity contribution in [3.63, 3.8) is 0 Å². The summed E-state index contributed by atoms with van der Waals surface area (Å²) in [5.74, 6) is 0.618. The molecule has 3 rings (SSSR count). The van der Waals surface area contributed by atoms with Gasteiger partial charge in [0.05, 0.1) is 5.52 Å². The number of benzene rings is 1. The molecule has 4 heteroatoms. The lowest BCUT2D eigenvalue weighted by Gasteiger charge is -2.08. The van der Waals surface area contributed by atoms with Gasteiger partial charge in [-0.1, -0.05) is 31.5 Å². The highest BCUT2D eigenvalue weighted by Gasteiger charge is 2.09. The van der Waals surface area contributed by atoms with Crippen molar-refractivity contribution in [1.29, 1.82) is 0 Å². The van der Waals surface area contributed by atoms with Crippen molar-refractivity contribution in [2.45, 2.75) is 26.7 Å². The van der Waals surface area contributed by atoms with Crippen LogP contribution in [0.15, 0.2) is 41.2 Å². The van der Waals surface area contributed by atoms with Crippen molar-refractivity contribution < 1.29 is 0 Å². The lowest BCUT2D eigenvalue weighted by atomic mass is 10.1. The molecule has 0 saturated heterocycles. The maximum Gasteiger partial charge on any atom is 0.251 e. The summed E-state index contributed by atoms with van der Waals surface area (Å²) < 4.78 is 0. The van der Waals surface area contributed by atoms with Gasteiger partial charge in [0.1, 0.15) is 5.82 Å². The van der Waals surface area contributed by atoms with Gasteiger partial charge in [0, 0.05) is 28.4 Å². The minimum atomic E-state index is -0.109. The molecule has 3 aromatic rings. The van der Waals surface area contributed by atoms with Crippen molar-refractivity contribution in [2.24, 2.45) is 0 Å². The average Bonchev–Trinajstić information content (AvgIpc) is 2.46. The molecule has 21 heavy (non-hydrogen) atoms. The van der Waals surface area contributed by atoms with E-state index >= 15 is 0 Å². The number of aromatic amines is 1. The summed E-state index contributed by atoms with van der Waals surface area (Å²) in [7, 11) is 0. The Morgan fingerprint density at radius 3 is 2.76 bits per heavy atom. The molecule has 0 radical (unpaired) electrons. The standard InChI is InChI=1S/C17H17N3O/c1-3-6-12-10-16(21)20-17(19-12)14-9-11(2)18-15-8-5-4-7-13(14)15/h4-5,7-10H,3,6H2,1-2H3,(H,19,20,21). The molecular weight excluding hydrogens is 262 g/mol. The molecule has 0 fully saturated rings. The molecule has 1 N–H and O–H groups in total. The zero-order valence-electron chi connectivity index (χ0n) is 12.2. The molecule has 2 aromatic heterocycles. The monoisotopic (exact) mass is 279 g/mol. The van der Waals surface area contributed by atoms with Crippen LogP contribution in [0.3, 0.4) is 0 Å². The van der Waals surface area contributed by atoms with Gasteiger partial charge in [-0.15, -0.1) is 0 Å². The fourth-order valence-electron chi connectivity index (χ4n) is 2.52. The Labute approximate surface area is 122 Å². The van der Waals surface area contributed by atoms with Crippen LogP contribution in [-0.2, 0) is 6.42 Å². The molecule has 0 saturated carbocycles. The summed E-state index contributed by atoms with van der Waals surface area (Å²) in [6.07, 6.45) is 1.77. The van der Waals surface area contributed by atoms with Crippen LogP contribution < -0.4 is 5.56 Å². The number of nitrogens with zero attached hydrogens (tertiary/aromatic N) is 2. The molecule has 0 aliphatic carbocycles. The fourth-order valence-corrected chi connectivity index (χ4v) is 2.52. The molecule has 0 atom stereocenters. The summed E-state index contributed by atoms with van der Waals surface area (Å²) in [6, 6.07) is 11.4. The van der Waals surface area contributed by atoms with Gasteiger partial charge in [-0.3, -0.25) is 9.78 Å². The third kappa shape index (κ3) is 2.70. The normalized spacial score (nSPS) is 11.0. The van der Waals surface area contributed by atoms with Crippen LogP contribution in [0.1, 0.15) is 24.7 Å². The van der Waals surface area contributed by atoms with E-state index in [1.54, 1.807) is 6.07 Å². The van der Waals surface area contributed by atoms with E-state index in [0.29, 0.717) is 5.82 Å². The maximum absolute atomic E-state index is 11.9. The van der Waals surface area contributed by atoms with Crippen molar-refractivity contribution in [3.8, 4) is 11.4 Å². The van der Waals surface area contributed by atoms with Gasteiger partial charge in [0.15, 0.2) is 0 Å². The first-order valence-electron chi connectivity index (χ1n) is 7.14. The second-order valence-electron chi connectivity index (χ2n) is 5.16. The number of rotatable bonds is 3. The summed E-state index contributed by atoms with van der Waals surface area (Å²) in [6.45, 7) is 4.03. The van der Waals surface area contributed by atoms with Gasteiger partial charge in [0.25, 0.3) is 5.56 Å². The Morgan fingerprint density at radius 2 is 1.95 bits per heavy atom. The van der Waals surface area contributed by atoms with E-state index in [4.69, 9.17) is 0 Å². The number of pyridine rings is 1. The molecule has 0 spiro atoms. The lowest BCUT2D eigenvalue weighted by Crippen LogP contribution is -2.10. The van der Waals surface area contributed by atoms with Crippen LogP contribution in [0.4, 0.5) is 0 Å². The van der Waals surface area contributed by atoms with Crippen LogP contribution in [0.25, 0.3) is 22.3 Å². The molecule has 1 aromatic carbocycles. The number of para-hydroxylation sites is 1. The van der Waals surface area contributed by atoms with Crippen LogP contribution in [-0.4, -0.2) is 15.0 Å². The van der Waals surface area contributed by atoms with Gasteiger partial charge in [-0.25, -0.2) is 4.98 Å². The van der Waals surface area contributed by atoms with Crippen molar-refractivity contribution in [3.05, 3.63) is 58.1 Å². The zero-order valence-corrected chi connectivity index (χ0v) is 12.2.